The molecule has 0 amide bonds. The van der Waals surface area contributed by atoms with Gasteiger partial charge in [0.05, 0.1) is 0 Å². The Morgan fingerprint density at radius 3 is 1.88 bits per heavy atom. The molecule has 0 heterocycles. The van der Waals surface area contributed by atoms with Crippen LogP contribution in [0, 0.1) is 0 Å². The highest BCUT2D eigenvalue weighted by Crippen LogP contribution is 2.15. The van der Waals surface area contributed by atoms with Gasteiger partial charge in [-0.3, -0.25) is 0 Å². The van der Waals surface area contributed by atoms with E-state index in [1.807, 2.05) is 0 Å². The van der Waals surface area contributed by atoms with Crippen molar-refractivity contribution in [2.45, 2.75) is 6.18 Å². The summed E-state index contributed by atoms with van der Waals surface area (Å²) in [6, 6.07) is 0. The molecule has 0 radical (unpaired) electrons. The zero-order valence-electron chi connectivity index (χ0n) is 4.07. The zero-order chi connectivity index (χ0) is 6.62. The van der Waals surface area contributed by atoms with Crippen LogP contribution in [0.5, 0.6) is 0 Å². The predicted octanol–water partition coefficient (Wildman–Crippen LogP) is 2.29. The summed E-state index contributed by atoms with van der Waals surface area (Å²) >= 11 is 0. The molecule has 0 nitrogen and oxygen atoms in total. The lowest BCUT2D eigenvalue weighted by Crippen LogP contribution is -1.99. The molecule has 0 unspecified atom stereocenters. The smallest absolute Gasteiger partial charge is 0.167 e. The number of hydrogen-bond donors (Lipinski definition) is 0. The highest BCUT2D eigenvalue weighted by Gasteiger charge is 2.20. The van der Waals surface area contributed by atoms with Crippen molar-refractivity contribution in [3.8, 4) is 0 Å². The van der Waals surface area contributed by atoms with E-state index in [9.17, 15) is 13.2 Å². The fourth-order valence-electron chi connectivity index (χ4n) is 0.177. The van der Waals surface area contributed by atoms with Crippen LogP contribution in [0.25, 0.3) is 0 Å². The molecule has 0 aromatic heterocycles. The molecule has 0 aromatic rings. The van der Waals surface area contributed by atoms with Gasteiger partial charge in [0, 0.05) is 6.08 Å². The van der Waals surface area contributed by atoms with Crippen LogP contribution in [-0.2, 0) is 0 Å². The summed E-state index contributed by atoms with van der Waals surface area (Å²) in [6.07, 6.45) is -2.15. The first-order valence-electron chi connectivity index (χ1n) is 1.93. The van der Waals surface area contributed by atoms with Gasteiger partial charge in [-0.25, -0.2) is 0 Å². The quantitative estimate of drug-likeness (QED) is 0.468. The molecule has 46 valence electrons. The maximum atomic E-state index is 11.1. The Balaban J connectivity index is 3.69. The fraction of sp³-hybridized carbons (Fsp3) is 0.200. The van der Waals surface area contributed by atoms with Gasteiger partial charge in [-0.1, -0.05) is 18.7 Å². The predicted molar refractivity (Wildman–Crippen MR) is 25.4 cm³/mol. The van der Waals surface area contributed by atoms with Crippen LogP contribution in [0.2, 0.25) is 0 Å². The van der Waals surface area contributed by atoms with Crippen molar-refractivity contribution in [1.82, 2.24) is 0 Å². The summed E-state index contributed by atoms with van der Waals surface area (Å²) in [7, 11) is 0. The zero-order valence-corrected chi connectivity index (χ0v) is 4.07. The molecule has 0 aliphatic carbocycles. The van der Waals surface area contributed by atoms with Gasteiger partial charge in [0.2, 0.25) is 0 Å². The second kappa shape index (κ2) is 2.55. The fourth-order valence-corrected chi connectivity index (χ4v) is 0.177. The summed E-state index contributed by atoms with van der Waals surface area (Å²) in [5, 5.41) is 0. The average molecular weight is 122 g/mol. The Bertz CT molecular complexity index is 98.7. The first-order chi connectivity index (χ1) is 3.56. The second-order valence-electron chi connectivity index (χ2n) is 1.14. The van der Waals surface area contributed by atoms with Crippen molar-refractivity contribution in [2.75, 3.05) is 0 Å². The van der Waals surface area contributed by atoms with Gasteiger partial charge in [-0.2, -0.15) is 13.2 Å². The van der Waals surface area contributed by atoms with Gasteiger partial charge in [-0.15, -0.1) is 0 Å². The van der Waals surface area contributed by atoms with Gasteiger partial charge in [0.1, 0.15) is 0 Å². The SMILES string of the molecule is C=C/C=C\C(F)(F)F. The highest BCUT2D eigenvalue weighted by atomic mass is 19.4. The second-order valence-corrected chi connectivity index (χ2v) is 1.14. The monoisotopic (exact) mass is 122 g/mol. The summed E-state index contributed by atoms with van der Waals surface area (Å²) in [6.45, 7) is 3.08. The summed E-state index contributed by atoms with van der Waals surface area (Å²) in [4.78, 5) is 0. The molecule has 0 aromatic carbocycles. The molecule has 0 rings (SSSR count). The van der Waals surface area contributed by atoms with Gasteiger partial charge < -0.3 is 0 Å². The molecule has 0 aliphatic rings. The Morgan fingerprint density at radius 2 is 1.75 bits per heavy atom. The van der Waals surface area contributed by atoms with Crippen LogP contribution >= 0.6 is 0 Å². The van der Waals surface area contributed by atoms with Crippen molar-refractivity contribution < 1.29 is 13.2 Å². The van der Waals surface area contributed by atoms with E-state index >= 15 is 0 Å². The van der Waals surface area contributed by atoms with Crippen LogP contribution in [0.4, 0.5) is 13.2 Å². The van der Waals surface area contributed by atoms with Crippen LogP contribution in [-0.4, -0.2) is 6.18 Å². The van der Waals surface area contributed by atoms with E-state index in [4.69, 9.17) is 0 Å². The molecular weight excluding hydrogens is 117 g/mol. The first-order valence-corrected chi connectivity index (χ1v) is 1.93. The summed E-state index contributed by atoms with van der Waals surface area (Å²) in [5.41, 5.74) is 0. The van der Waals surface area contributed by atoms with Gasteiger partial charge in [-0.05, 0) is 0 Å². The van der Waals surface area contributed by atoms with E-state index in [1.54, 1.807) is 0 Å². The minimum Gasteiger partial charge on any atom is -0.167 e. The van der Waals surface area contributed by atoms with Crippen molar-refractivity contribution >= 4 is 0 Å². The van der Waals surface area contributed by atoms with E-state index in [1.165, 1.54) is 0 Å². The molecule has 0 bridgehead atoms. The van der Waals surface area contributed by atoms with E-state index < -0.39 is 6.18 Å². The average Bonchev–Trinajstić information content (AvgIpc) is 1.59. The third-order valence-corrected chi connectivity index (χ3v) is 0.421. The molecule has 0 saturated heterocycles. The highest BCUT2D eigenvalue weighted by molar-refractivity contribution is 5.00. The largest absolute Gasteiger partial charge is 0.409 e. The Labute approximate surface area is 45.3 Å². The lowest BCUT2D eigenvalue weighted by molar-refractivity contribution is -0.0798. The molecular formula is C5H5F3. The minimum atomic E-state index is -4.20. The van der Waals surface area contributed by atoms with Crippen LogP contribution in [0.15, 0.2) is 24.8 Å². The molecule has 3 heteroatoms. The Hall–Kier alpha value is -0.730. The maximum Gasteiger partial charge on any atom is 0.409 e. The Morgan fingerprint density at radius 1 is 1.25 bits per heavy atom. The molecule has 8 heavy (non-hydrogen) atoms. The van der Waals surface area contributed by atoms with E-state index in [2.05, 4.69) is 6.58 Å². The number of alkyl halides is 3. The lowest BCUT2D eigenvalue weighted by Gasteiger charge is -1.93. The van der Waals surface area contributed by atoms with Gasteiger partial charge in [0.25, 0.3) is 0 Å². The normalized spacial score (nSPS) is 12.4. The van der Waals surface area contributed by atoms with E-state index in [0.717, 1.165) is 12.2 Å². The molecule has 0 aliphatic heterocycles. The molecule has 0 spiro atoms. The molecule has 0 fully saturated rings. The number of hydrogen-bond acceptors (Lipinski definition) is 0. The number of rotatable bonds is 1. The minimum absolute atomic E-state index is 0.125. The van der Waals surface area contributed by atoms with Crippen molar-refractivity contribution in [3.63, 3.8) is 0 Å². The van der Waals surface area contributed by atoms with Crippen molar-refractivity contribution in [1.29, 1.82) is 0 Å². The van der Waals surface area contributed by atoms with Gasteiger partial charge >= 0.3 is 6.18 Å². The van der Waals surface area contributed by atoms with Crippen molar-refractivity contribution in [2.24, 2.45) is 0 Å². The number of halogens is 3. The van der Waals surface area contributed by atoms with E-state index in [0.29, 0.717) is 0 Å². The van der Waals surface area contributed by atoms with Crippen LogP contribution in [0.1, 0.15) is 0 Å². The third-order valence-electron chi connectivity index (χ3n) is 0.421. The molecule has 0 atom stereocenters. The first kappa shape index (κ1) is 7.27. The van der Waals surface area contributed by atoms with Gasteiger partial charge in [0.15, 0.2) is 0 Å². The van der Waals surface area contributed by atoms with Crippen LogP contribution < -0.4 is 0 Å². The standard InChI is InChI=1S/C5H5F3/c1-2-3-4-5(6,7)8/h2-4H,1H2/b4-3-. The van der Waals surface area contributed by atoms with E-state index in [-0.39, 0.29) is 6.08 Å². The van der Waals surface area contributed by atoms with Crippen molar-refractivity contribution in [3.05, 3.63) is 24.8 Å². The number of allylic oxidation sites excluding steroid dienone is 3. The summed E-state index contributed by atoms with van der Waals surface area (Å²) < 4.78 is 33.3. The topological polar surface area (TPSA) is 0 Å². The lowest BCUT2D eigenvalue weighted by atomic mass is 10.5. The summed E-state index contributed by atoms with van der Waals surface area (Å²) in [5.74, 6) is 0. The Kier molecular flexibility index (Phi) is 2.31. The van der Waals surface area contributed by atoms with Crippen LogP contribution in [0.3, 0.4) is 0 Å². The maximum absolute atomic E-state index is 11.1. The molecule has 0 N–H and O–H groups in total. The third kappa shape index (κ3) is 5.27. The molecule has 0 saturated carbocycles.